The average Bonchev–Trinajstić information content (AvgIpc) is 2.84. The minimum Gasteiger partial charge on any atom is -0.481 e. The molecule has 2 N–H and O–H groups in total. The van der Waals surface area contributed by atoms with Gasteiger partial charge in [-0.2, -0.15) is 0 Å². The summed E-state index contributed by atoms with van der Waals surface area (Å²) >= 11 is 0. The molecule has 0 spiro atoms. The molecule has 3 nitrogen and oxygen atoms in total. The van der Waals surface area contributed by atoms with Gasteiger partial charge in [-0.25, -0.2) is 0 Å². The van der Waals surface area contributed by atoms with Crippen LogP contribution in [-0.2, 0) is 11.2 Å². The van der Waals surface area contributed by atoms with Gasteiger partial charge in [-0.15, -0.1) is 0 Å². The highest BCUT2D eigenvalue weighted by atomic mass is 16.4. The largest absolute Gasteiger partial charge is 0.481 e. The van der Waals surface area contributed by atoms with Gasteiger partial charge in [0.25, 0.3) is 0 Å². The minimum atomic E-state index is -0.766. The quantitative estimate of drug-likeness (QED) is 0.745. The molecule has 0 aliphatic heterocycles. The third kappa shape index (κ3) is 2.62. The molecule has 3 rings (SSSR count). The van der Waals surface area contributed by atoms with Crippen LogP contribution in [0.25, 0.3) is 22.2 Å². The van der Waals surface area contributed by atoms with Gasteiger partial charge in [0.2, 0.25) is 0 Å². The lowest BCUT2D eigenvalue weighted by molar-refractivity contribution is -0.136. The summed E-state index contributed by atoms with van der Waals surface area (Å²) in [7, 11) is 0. The van der Waals surface area contributed by atoms with E-state index in [0.717, 1.165) is 27.7 Å². The molecule has 22 heavy (non-hydrogen) atoms. The number of aromatic amines is 1. The SMILES string of the molecule is Cc1cc2[nH]c(-c3ccccc3)c(CCC(=O)O)c2cc1C. The number of carbonyl (C=O) groups is 1. The maximum absolute atomic E-state index is 11.0. The topological polar surface area (TPSA) is 53.1 Å². The summed E-state index contributed by atoms with van der Waals surface area (Å²) in [4.78, 5) is 14.5. The number of carboxylic acid groups (broad SMARTS) is 1. The lowest BCUT2D eigenvalue weighted by Crippen LogP contribution is -1.98. The van der Waals surface area contributed by atoms with Crippen LogP contribution in [0.5, 0.6) is 0 Å². The predicted octanol–water partition coefficient (Wildman–Crippen LogP) is 4.47. The van der Waals surface area contributed by atoms with Crippen LogP contribution in [0.1, 0.15) is 23.1 Å². The summed E-state index contributed by atoms with van der Waals surface area (Å²) in [5, 5.41) is 10.2. The standard InChI is InChI=1S/C19H19NO2/c1-12-10-16-15(8-9-18(21)22)19(14-6-4-3-5-7-14)20-17(16)11-13(12)2/h3-7,10-11,20H,8-9H2,1-2H3,(H,21,22). The number of aromatic nitrogens is 1. The molecule has 1 heterocycles. The van der Waals surface area contributed by atoms with E-state index < -0.39 is 5.97 Å². The summed E-state index contributed by atoms with van der Waals surface area (Å²) in [6.45, 7) is 4.18. The van der Waals surface area contributed by atoms with Crippen molar-refractivity contribution in [2.45, 2.75) is 26.7 Å². The number of aryl methyl sites for hydroxylation is 3. The molecule has 1 aromatic heterocycles. The first kappa shape index (κ1) is 14.4. The maximum Gasteiger partial charge on any atom is 0.303 e. The molecule has 0 saturated heterocycles. The van der Waals surface area contributed by atoms with Crippen LogP contribution >= 0.6 is 0 Å². The van der Waals surface area contributed by atoms with Gasteiger partial charge in [0.15, 0.2) is 0 Å². The number of H-pyrrole nitrogens is 1. The van der Waals surface area contributed by atoms with Crippen LogP contribution < -0.4 is 0 Å². The fraction of sp³-hybridized carbons (Fsp3) is 0.211. The summed E-state index contributed by atoms with van der Waals surface area (Å²) in [5.41, 5.74) is 6.74. The molecular weight excluding hydrogens is 274 g/mol. The first-order chi connectivity index (χ1) is 10.6. The fourth-order valence-electron chi connectivity index (χ4n) is 2.86. The Morgan fingerprint density at radius 2 is 1.77 bits per heavy atom. The van der Waals surface area contributed by atoms with E-state index in [1.54, 1.807) is 0 Å². The van der Waals surface area contributed by atoms with E-state index in [4.69, 9.17) is 5.11 Å². The fourth-order valence-corrected chi connectivity index (χ4v) is 2.86. The Kier molecular flexibility index (Phi) is 3.72. The van der Waals surface area contributed by atoms with Gasteiger partial charge < -0.3 is 10.1 Å². The number of aliphatic carboxylic acids is 1. The lowest BCUT2D eigenvalue weighted by Gasteiger charge is -2.04. The zero-order chi connectivity index (χ0) is 15.7. The van der Waals surface area contributed by atoms with Gasteiger partial charge in [0.1, 0.15) is 0 Å². The van der Waals surface area contributed by atoms with Crippen molar-refractivity contribution in [1.82, 2.24) is 4.98 Å². The molecule has 3 heteroatoms. The van der Waals surface area contributed by atoms with E-state index in [1.165, 1.54) is 11.1 Å². The molecule has 0 saturated carbocycles. The smallest absolute Gasteiger partial charge is 0.303 e. The van der Waals surface area contributed by atoms with Crippen molar-refractivity contribution in [3.63, 3.8) is 0 Å². The first-order valence-corrected chi connectivity index (χ1v) is 7.45. The molecule has 0 amide bonds. The molecule has 0 fully saturated rings. The molecule has 112 valence electrons. The molecule has 2 aromatic carbocycles. The van der Waals surface area contributed by atoms with Gasteiger partial charge in [0, 0.05) is 23.0 Å². The van der Waals surface area contributed by atoms with Crippen LogP contribution in [0, 0.1) is 13.8 Å². The Hall–Kier alpha value is -2.55. The number of benzene rings is 2. The third-order valence-electron chi connectivity index (χ3n) is 4.17. The van der Waals surface area contributed by atoms with Crippen molar-refractivity contribution in [3.05, 3.63) is 59.2 Å². The van der Waals surface area contributed by atoms with Crippen molar-refractivity contribution < 1.29 is 9.90 Å². The first-order valence-electron chi connectivity index (χ1n) is 7.45. The normalized spacial score (nSPS) is 11.0. The molecule has 0 aliphatic carbocycles. The molecular formula is C19H19NO2. The molecule has 0 bridgehead atoms. The van der Waals surface area contributed by atoms with Crippen LogP contribution in [0.15, 0.2) is 42.5 Å². The second-order valence-electron chi connectivity index (χ2n) is 5.72. The van der Waals surface area contributed by atoms with Crippen molar-refractivity contribution in [1.29, 1.82) is 0 Å². The summed E-state index contributed by atoms with van der Waals surface area (Å²) in [6.07, 6.45) is 0.668. The van der Waals surface area contributed by atoms with Crippen molar-refractivity contribution >= 4 is 16.9 Å². The molecule has 0 aliphatic rings. The van der Waals surface area contributed by atoms with Crippen LogP contribution in [0.4, 0.5) is 0 Å². The average molecular weight is 293 g/mol. The Morgan fingerprint density at radius 3 is 2.45 bits per heavy atom. The van der Waals surface area contributed by atoms with Crippen molar-refractivity contribution in [2.24, 2.45) is 0 Å². The highest BCUT2D eigenvalue weighted by molar-refractivity contribution is 5.92. The second kappa shape index (κ2) is 5.68. The van der Waals surface area contributed by atoms with Gasteiger partial charge in [-0.3, -0.25) is 4.79 Å². The number of nitrogens with one attached hydrogen (secondary N) is 1. The molecule has 0 unspecified atom stereocenters. The Bertz CT molecular complexity index is 832. The highest BCUT2D eigenvalue weighted by Crippen LogP contribution is 2.32. The van der Waals surface area contributed by atoms with E-state index in [1.807, 2.05) is 18.2 Å². The maximum atomic E-state index is 11.0. The summed E-state index contributed by atoms with van der Waals surface area (Å²) in [6, 6.07) is 14.4. The zero-order valence-corrected chi connectivity index (χ0v) is 12.8. The predicted molar refractivity (Wildman–Crippen MR) is 89.2 cm³/mol. The Balaban J connectivity index is 2.21. The Labute approximate surface area is 129 Å². The molecule has 0 radical (unpaired) electrons. The number of carboxylic acids is 1. The van der Waals surface area contributed by atoms with Gasteiger partial charge in [0.05, 0.1) is 0 Å². The lowest BCUT2D eigenvalue weighted by atomic mass is 9.99. The summed E-state index contributed by atoms with van der Waals surface area (Å²) in [5.74, 6) is -0.766. The minimum absolute atomic E-state index is 0.139. The van der Waals surface area contributed by atoms with E-state index >= 15 is 0 Å². The van der Waals surface area contributed by atoms with Crippen LogP contribution in [-0.4, -0.2) is 16.1 Å². The number of rotatable bonds is 4. The van der Waals surface area contributed by atoms with Crippen LogP contribution in [0.3, 0.4) is 0 Å². The summed E-state index contributed by atoms with van der Waals surface area (Å²) < 4.78 is 0. The number of hydrogen-bond donors (Lipinski definition) is 2. The Morgan fingerprint density at radius 1 is 1.09 bits per heavy atom. The van der Waals surface area contributed by atoms with E-state index in [9.17, 15) is 4.79 Å². The zero-order valence-electron chi connectivity index (χ0n) is 12.8. The highest BCUT2D eigenvalue weighted by Gasteiger charge is 2.15. The van der Waals surface area contributed by atoms with E-state index in [2.05, 4.69) is 43.1 Å². The van der Waals surface area contributed by atoms with Gasteiger partial charge in [-0.1, -0.05) is 30.3 Å². The molecule has 3 aromatic rings. The number of hydrogen-bond acceptors (Lipinski definition) is 1. The second-order valence-corrected chi connectivity index (χ2v) is 5.72. The van der Waals surface area contributed by atoms with Crippen LogP contribution in [0.2, 0.25) is 0 Å². The van der Waals surface area contributed by atoms with Crippen molar-refractivity contribution in [2.75, 3.05) is 0 Å². The monoisotopic (exact) mass is 293 g/mol. The van der Waals surface area contributed by atoms with Crippen molar-refractivity contribution in [3.8, 4) is 11.3 Å². The molecule has 0 atom stereocenters. The van der Waals surface area contributed by atoms with E-state index in [0.29, 0.717) is 6.42 Å². The number of fused-ring (bicyclic) bond motifs is 1. The third-order valence-corrected chi connectivity index (χ3v) is 4.17. The van der Waals surface area contributed by atoms with Gasteiger partial charge >= 0.3 is 5.97 Å². The van der Waals surface area contributed by atoms with E-state index in [-0.39, 0.29) is 6.42 Å². The van der Waals surface area contributed by atoms with Gasteiger partial charge in [-0.05, 0) is 54.7 Å².